The number of benzene rings is 1. The topological polar surface area (TPSA) is 23.1 Å². The van der Waals surface area contributed by atoms with Gasteiger partial charge in [0.25, 0.3) is 0 Å². The van der Waals surface area contributed by atoms with E-state index in [0.717, 1.165) is 4.90 Å². The van der Waals surface area contributed by atoms with Gasteiger partial charge in [-0.25, -0.2) is 12.0 Å². The molecule has 1 aromatic carbocycles. The lowest BCUT2D eigenvalue weighted by molar-refractivity contribution is 0.619. The Hall–Kier alpha value is -0.470. The van der Waals surface area contributed by atoms with E-state index in [1.807, 2.05) is 18.2 Å². The molecule has 42 valence electrons. The minimum Gasteiger partial charge on any atom is -0.795 e. The molecule has 1 aromatic rings. The zero-order chi connectivity index (χ0) is 5.82. The predicted octanol–water partition coefficient (Wildman–Crippen LogP) is 1.91. The molecule has 2 heteroatoms. The van der Waals surface area contributed by atoms with Crippen LogP contribution >= 0.6 is 12.0 Å². The van der Waals surface area contributed by atoms with Gasteiger partial charge in [-0.2, -0.15) is 0 Å². The van der Waals surface area contributed by atoms with Crippen molar-refractivity contribution >= 4 is 12.0 Å². The first-order valence-electron chi connectivity index (χ1n) is 2.28. The van der Waals surface area contributed by atoms with Crippen LogP contribution < -0.4 is 0 Å². The van der Waals surface area contributed by atoms with Gasteiger partial charge >= 0.3 is 0 Å². The maximum atomic E-state index is 10.0. The molecule has 1 rings (SSSR count). The van der Waals surface area contributed by atoms with Crippen molar-refractivity contribution in [2.24, 2.45) is 0 Å². The average molecular weight is 125 g/mol. The second-order valence-corrected chi connectivity index (χ2v) is 2.03. The molecule has 0 saturated carbocycles. The summed E-state index contributed by atoms with van der Waals surface area (Å²) < 4.78 is 10.0. The zero-order valence-electron chi connectivity index (χ0n) is 4.20. The number of hydrogen-bond acceptors (Lipinski definition) is 2. The van der Waals surface area contributed by atoms with Crippen LogP contribution in [0.5, 0.6) is 0 Å². The van der Waals surface area contributed by atoms with Crippen LogP contribution in [0, 0.1) is 0 Å². The van der Waals surface area contributed by atoms with Gasteiger partial charge in [0.2, 0.25) is 0 Å². The van der Waals surface area contributed by atoms with Crippen LogP contribution in [-0.2, 0) is 0 Å². The van der Waals surface area contributed by atoms with Crippen molar-refractivity contribution in [3.8, 4) is 0 Å². The molecular formula is C6H5OS-. The maximum absolute atomic E-state index is 10.0. The van der Waals surface area contributed by atoms with E-state index in [0.29, 0.717) is 12.0 Å². The molecular weight excluding hydrogens is 120 g/mol. The molecule has 0 saturated heterocycles. The smallest absolute Gasteiger partial charge is 0.00744 e. The van der Waals surface area contributed by atoms with Gasteiger partial charge in [-0.1, -0.05) is 18.2 Å². The van der Waals surface area contributed by atoms with Gasteiger partial charge in [0, 0.05) is 0 Å². The molecule has 0 atom stereocenters. The van der Waals surface area contributed by atoms with Gasteiger partial charge in [-0.3, -0.25) is 0 Å². The van der Waals surface area contributed by atoms with Gasteiger partial charge in [0.15, 0.2) is 0 Å². The zero-order valence-corrected chi connectivity index (χ0v) is 5.02. The second-order valence-electron chi connectivity index (χ2n) is 1.40. The highest BCUT2D eigenvalue weighted by Gasteiger charge is 1.76. The highest BCUT2D eigenvalue weighted by atomic mass is 32.2. The summed E-state index contributed by atoms with van der Waals surface area (Å²) in [5.41, 5.74) is 0. The molecule has 0 fully saturated rings. The second kappa shape index (κ2) is 2.74. The van der Waals surface area contributed by atoms with E-state index in [-0.39, 0.29) is 0 Å². The highest BCUT2D eigenvalue weighted by Crippen LogP contribution is 2.10. The Balaban J connectivity index is 2.83. The van der Waals surface area contributed by atoms with E-state index in [4.69, 9.17) is 0 Å². The Morgan fingerprint density at radius 3 is 2.12 bits per heavy atom. The molecule has 0 radical (unpaired) electrons. The molecule has 0 N–H and O–H groups in total. The van der Waals surface area contributed by atoms with Crippen LogP contribution in [0.25, 0.3) is 0 Å². The minimum absolute atomic E-state index is 0.519. The minimum atomic E-state index is 0.519. The molecule has 0 amide bonds. The molecule has 0 spiro atoms. The summed E-state index contributed by atoms with van der Waals surface area (Å²) in [7, 11) is 0. The summed E-state index contributed by atoms with van der Waals surface area (Å²) in [5, 5.41) is 0. The standard InChI is InChI=1S/C6H6OS/c7-8-6-4-2-1-3-5-6/h1-5,7H/p-1. The van der Waals surface area contributed by atoms with Crippen LogP contribution in [0.1, 0.15) is 0 Å². The summed E-state index contributed by atoms with van der Waals surface area (Å²) in [6.07, 6.45) is 0. The normalized spacial score (nSPS) is 9.12. The first kappa shape index (κ1) is 5.66. The fourth-order valence-electron chi connectivity index (χ4n) is 0.476. The Bertz CT molecular complexity index is 150. The monoisotopic (exact) mass is 125 g/mol. The molecule has 0 bridgehead atoms. The van der Waals surface area contributed by atoms with Crippen LogP contribution in [-0.4, -0.2) is 4.55 Å². The van der Waals surface area contributed by atoms with Crippen LogP contribution in [0.4, 0.5) is 0 Å². The Kier molecular flexibility index (Phi) is 1.94. The first-order valence-corrected chi connectivity index (χ1v) is 3.02. The van der Waals surface area contributed by atoms with Crippen molar-refractivity contribution in [1.29, 1.82) is 0 Å². The predicted molar refractivity (Wildman–Crippen MR) is 33.1 cm³/mol. The largest absolute Gasteiger partial charge is 0.795 e. The van der Waals surface area contributed by atoms with Crippen LogP contribution in [0.2, 0.25) is 0 Å². The van der Waals surface area contributed by atoms with E-state index < -0.39 is 0 Å². The number of rotatable bonds is 1. The lowest BCUT2D eigenvalue weighted by Gasteiger charge is -2.00. The molecule has 0 aromatic heterocycles. The SMILES string of the molecule is [O-]Sc1ccccc1. The van der Waals surface area contributed by atoms with Crippen molar-refractivity contribution in [3.63, 3.8) is 0 Å². The van der Waals surface area contributed by atoms with Gasteiger partial charge < -0.3 is 4.55 Å². The van der Waals surface area contributed by atoms with E-state index >= 15 is 0 Å². The molecule has 8 heavy (non-hydrogen) atoms. The lowest BCUT2D eigenvalue weighted by atomic mass is 10.4. The third-order valence-corrected chi connectivity index (χ3v) is 1.30. The lowest BCUT2D eigenvalue weighted by Crippen LogP contribution is -1.63. The summed E-state index contributed by atoms with van der Waals surface area (Å²) in [4.78, 5) is 0.771. The third kappa shape index (κ3) is 1.25. The summed E-state index contributed by atoms with van der Waals surface area (Å²) in [6, 6.07) is 9.16. The fraction of sp³-hybridized carbons (Fsp3) is 0. The Morgan fingerprint density at radius 1 is 1.12 bits per heavy atom. The van der Waals surface area contributed by atoms with Gasteiger partial charge in [0.1, 0.15) is 0 Å². The summed E-state index contributed by atoms with van der Waals surface area (Å²) >= 11 is 0.519. The van der Waals surface area contributed by atoms with E-state index in [1.165, 1.54) is 0 Å². The Morgan fingerprint density at radius 2 is 1.75 bits per heavy atom. The van der Waals surface area contributed by atoms with Crippen molar-refractivity contribution in [1.82, 2.24) is 0 Å². The van der Waals surface area contributed by atoms with Crippen LogP contribution in [0.3, 0.4) is 0 Å². The third-order valence-electron chi connectivity index (χ3n) is 0.839. The fourth-order valence-corrected chi connectivity index (χ4v) is 0.744. The Labute approximate surface area is 52.6 Å². The van der Waals surface area contributed by atoms with Gasteiger partial charge in [0.05, 0.1) is 0 Å². The molecule has 1 nitrogen and oxygen atoms in total. The van der Waals surface area contributed by atoms with Crippen molar-refractivity contribution in [2.45, 2.75) is 4.90 Å². The van der Waals surface area contributed by atoms with Crippen LogP contribution in [0.15, 0.2) is 35.2 Å². The highest BCUT2D eigenvalue weighted by molar-refractivity contribution is 7.93. The van der Waals surface area contributed by atoms with Gasteiger partial charge in [-0.15, -0.1) is 0 Å². The maximum Gasteiger partial charge on any atom is -0.00744 e. The first-order chi connectivity index (χ1) is 3.93. The molecule has 0 heterocycles. The number of hydrogen-bond donors (Lipinski definition) is 0. The average Bonchev–Trinajstić information content (AvgIpc) is 1.90. The van der Waals surface area contributed by atoms with Crippen molar-refractivity contribution < 1.29 is 4.55 Å². The molecule has 0 aliphatic heterocycles. The quantitative estimate of drug-likeness (QED) is 0.535. The summed E-state index contributed by atoms with van der Waals surface area (Å²) in [5.74, 6) is 0. The van der Waals surface area contributed by atoms with Gasteiger partial charge in [-0.05, 0) is 17.0 Å². The van der Waals surface area contributed by atoms with E-state index in [2.05, 4.69) is 0 Å². The van der Waals surface area contributed by atoms with Crippen molar-refractivity contribution in [3.05, 3.63) is 30.3 Å². The van der Waals surface area contributed by atoms with E-state index in [9.17, 15) is 4.55 Å². The van der Waals surface area contributed by atoms with Crippen molar-refractivity contribution in [2.75, 3.05) is 0 Å². The summed E-state index contributed by atoms with van der Waals surface area (Å²) in [6.45, 7) is 0. The molecule has 0 aliphatic rings. The van der Waals surface area contributed by atoms with E-state index in [1.54, 1.807) is 12.1 Å². The molecule has 0 unspecified atom stereocenters. The molecule has 0 aliphatic carbocycles.